The standard InChI is InChI=1S/C2H2.3ClH/c1-2;;;/h1-2H;3*1H. The normalized spacial score (nSPS) is 0.400. The minimum atomic E-state index is 0. The van der Waals surface area contributed by atoms with Gasteiger partial charge in [0.05, 0.1) is 0 Å². The molecular weight excluding hydrogens is 130 g/mol. The Morgan fingerprint density at radius 1 is 0.600 bits per heavy atom. The van der Waals surface area contributed by atoms with Gasteiger partial charge in [0.25, 0.3) is 0 Å². The summed E-state index contributed by atoms with van der Waals surface area (Å²) in [7, 11) is 0. The van der Waals surface area contributed by atoms with Crippen molar-refractivity contribution in [2.75, 3.05) is 0 Å². The fraction of sp³-hybridized carbons (Fsp3) is 0. The maximum atomic E-state index is 4.00. The molecule has 0 saturated heterocycles. The lowest BCUT2D eigenvalue weighted by atomic mass is 11.4. The molecule has 0 saturated carbocycles. The predicted molar refractivity (Wildman–Crippen MR) is 31.6 cm³/mol. The molecule has 0 aliphatic heterocycles. The first-order valence-corrected chi connectivity index (χ1v) is 0.333. The second-order valence-corrected chi connectivity index (χ2v) is 0. The molecule has 0 fully saturated rings. The second kappa shape index (κ2) is 282. The smallest absolute Gasteiger partial charge is 0.124 e. The van der Waals surface area contributed by atoms with E-state index in [1.165, 1.54) is 0 Å². The Labute approximate surface area is 50.6 Å². The minimum absolute atomic E-state index is 0. The number of terminal acetylenes is 1. The Morgan fingerprint density at radius 3 is 0.600 bits per heavy atom. The first-order valence-electron chi connectivity index (χ1n) is 0.333. The Morgan fingerprint density at radius 2 is 0.600 bits per heavy atom. The van der Waals surface area contributed by atoms with Crippen LogP contribution in [0.2, 0.25) is 0 Å². The van der Waals surface area contributed by atoms with E-state index in [0.29, 0.717) is 0 Å². The Balaban J connectivity index is -0.00000000167. The lowest BCUT2D eigenvalue weighted by Crippen LogP contribution is -0.576. The molecule has 0 rings (SSSR count). The van der Waals surface area contributed by atoms with E-state index >= 15 is 0 Å². The summed E-state index contributed by atoms with van der Waals surface area (Å²) in [6.07, 6.45) is 8.00. The van der Waals surface area contributed by atoms with Crippen LogP contribution in [0.1, 0.15) is 0 Å². The highest BCUT2D eigenvalue weighted by atomic mass is 35.5. The first kappa shape index (κ1) is 52.1. The summed E-state index contributed by atoms with van der Waals surface area (Å²) in [5.74, 6) is 0. The number of hydrogen-bond acceptors (Lipinski definition) is 0. The molecule has 0 spiro atoms. The third-order valence-corrected chi connectivity index (χ3v) is 0. The molecule has 0 bridgehead atoms. The topological polar surface area (TPSA) is 0 Å². The lowest BCUT2D eigenvalue weighted by Gasteiger charge is -0.701. The lowest BCUT2D eigenvalue weighted by molar-refractivity contribution is 3.31. The van der Waals surface area contributed by atoms with Crippen LogP contribution in [0.4, 0.5) is 0 Å². The van der Waals surface area contributed by atoms with Crippen molar-refractivity contribution < 1.29 is 0 Å². The van der Waals surface area contributed by atoms with Crippen LogP contribution < -0.4 is 0 Å². The Kier molecular flexibility index (Phi) is 2940. The van der Waals surface area contributed by atoms with Crippen LogP contribution in [-0.2, 0) is 0 Å². The summed E-state index contributed by atoms with van der Waals surface area (Å²) in [4.78, 5) is 0. The van der Waals surface area contributed by atoms with E-state index in [4.69, 9.17) is 0 Å². The van der Waals surface area contributed by atoms with Gasteiger partial charge >= 0.3 is 0 Å². The molecule has 0 unspecified atom stereocenters. The molecular formula is C2H5Cl3. The molecule has 0 aliphatic rings. The highest BCUT2D eigenvalue weighted by Gasteiger charge is 0.454. The van der Waals surface area contributed by atoms with Gasteiger partial charge in [-0.15, -0.1) is 50.1 Å². The van der Waals surface area contributed by atoms with Crippen LogP contribution in [0, 0.1) is 12.8 Å². The van der Waals surface area contributed by atoms with Crippen molar-refractivity contribution in [3.05, 3.63) is 0 Å². The monoisotopic (exact) mass is 134 g/mol. The van der Waals surface area contributed by atoms with E-state index in [1.807, 2.05) is 0 Å². The van der Waals surface area contributed by atoms with Gasteiger partial charge in [-0.25, -0.2) is 0 Å². The molecule has 0 radical (unpaired) electrons. The van der Waals surface area contributed by atoms with Gasteiger partial charge in [0, 0.05) is 0 Å². The second-order valence-electron chi connectivity index (χ2n) is 0. The summed E-state index contributed by atoms with van der Waals surface area (Å²) in [5.41, 5.74) is 0. The van der Waals surface area contributed by atoms with E-state index in [2.05, 4.69) is 12.8 Å². The van der Waals surface area contributed by atoms with Gasteiger partial charge in [0.1, 0.15) is 0 Å². The largest absolute Gasteiger partial charge is 0.147 e. The summed E-state index contributed by atoms with van der Waals surface area (Å²) in [6.45, 7) is 0. The SMILES string of the molecule is C#C.Cl.Cl.Cl. The summed E-state index contributed by atoms with van der Waals surface area (Å²) >= 11 is 0. The maximum Gasteiger partial charge on any atom is -0.124 e. The van der Waals surface area contributed by atoms with Gasteiger partial charge in [-0.2, -0.15) is 0 Å². The van der Waals surface area contributed by atoms with Crippen molar-refractivity contribution in [1.82, 2.24) is 0 Å². The van der Waals surface area contributed by atoms with Gasteiger partial charge in [-0.05, 0) is 0 Å². The molecule has 0 amide bonds. The van der Waals surface area contributed by atoms with Crippen LogP contribution in [0.3, 0.4) is 0 Å². The van der Waals surface area contributed by atoms with Crippen molar-refractivity contribution in [3.63, 3.8) is 0 Å². The van der Waals surface area contributed by atoms with Crippen molar-refractivity contribution in [1.29, 1.82) is 0 Å². The first-order chi connectivity index (χ1) is 1.00. The van der Waals surface area contributed by atoms with E-state index < -0.39 is 0 Å². The van der Waals surface area contributed by atoms with Crippen LogP contribution in [-0.4, -0.2) is 0 Å². The quantitative estimate of drug-likeness (QED) is 0.442. The van der Waals surface area contributed by atoms with Crippen molar-refractivity contribution in [2.24, 2.45) is 0 Å². The number of rotatable bonds is 0. The van der Waals surface area contributed by atoms with Crippen LogP contribution in [0.5, 0.6) is 0 Å². The van der Waals surface area contributed by atoms with E-state index in [0.717, 1.165) is 0 Å². The predicted octanol–water partition coefficient (Wildman–Crippen LogP) is 1.51. The summed E-state index contributed by atoms with van der Waals surface area (Å²) in [5, 5.41) is 0. The molecule has 0 nitrogen and oxygen atoms in total. The highest BCUT2D eigenvalue weighted by molar-refractivity contribution is 5.86. The van der Waals surface area contributed by atoms with E-state index in [1.54, 1.807) is 0 Å². The van der Waals surface area contributed by atoms with Crippen LogP contribution >= 0.6 is 37.2 Å². The highest BCUT2D eigenvalue weighted by Crippen LogP contribution is 0.692. The van der Waals surface area contributed by atoms with Crippen molar-refractivity contribution >= 4 is 37.2 Å². The average Bonchev–Trinajstić information content (AvgIpc) is 1.00. The zero-order valence-corrected chi connectivity index (χ0v) is 4.83. The molecule has 0 atom stereocenters. The van der Waals surface area contributed by atoms with Crippen molar-refractivity contribution in [2.45, 2.75) is 0 Å². The van der Waals surface area contributed by atoms with E-state index in [9.17, 15) is 0 Å². The van der Waals surface area contributed by atoms with E-state index in [-0.39, 0.29) is 37.2 Å². The van der Waals surface area contributed by atoms with Crippen LogP contribution in [0.15, 0.2) is 0 Å². The zero-order valence-electron chi connectivity index (χ0n) is 2.38. The Hall–Kier alpha value is 0.430. The summed E-state index contributed by atoms with van der Waals surface area (Å²) in [6, 6.07) is 0. The van der Waals surface area contributed by atoms with Gasteiger partial charge in [0.15, 0.2) is 0 Å². The van der Waals surface area contributed by atoms with Gasteiger partial charge in [-0.1, -0.05) is 0 Å². The zero-order chi connectivity index (χ0) is 2.00. The van der Waals surface area contributed by atoms with Crippen LogP contribution in [0.25, 0.3) is 0 Å². The minimum Gasteiger partial charge on any atom is -0.147 e. The fourth-order valence-electron chi connectivity index (χ4n) is 0. The molecule has 0 aromatic heterocycles. The third-order valence-electron chi connectivity index (χ3n) is 0. The molecule has 0 heterocycles. The van der Waals surface area contributed by atoms with Gasteiger partial charge in [-0.3, -0.25) is 0 Å². The third kappa shape index (κ3) is 141. The van der Waals surface area contributed by atoms with Gasteiger partial charge < -0.3 is 0 Å². The molecule has 34 valence electrons. The molecule has 0 N–H and O–H groups in total. The number of hydrogen-bond donors (Lipinski definition) is 0. The molecule has 5 heavy (non-hydrogen) atoms. The number of halogens is 3. The fourth-order valence-corrected chi connectivity index (χ4v) is 0. The van der Waals surface area contributed by atoms with Crippen molar-refractivity contribution in [3.8, 4) is 12.8 Å². The molecule has 0 aliphatic carbocycles. The molecule has 0 aromatic rings. The average molecular weight is 135 g/mol. The molecule has 0 aromatic carbocycles. The molecule has 3 heteroatoms. The maximum absolute atomic E-state index is 4.00. The van der Waals surface area contributed by atoms with Gasteiger partial charge in [0.2, 0.25) is 0 Å². The Bertz CT molecular complexity index is 9.61. The summed E-state index contributed by atoms with van der Waals surface area (Å²) < 4.78 is 0.